The molecular weight excluding hydrogens is 889 g/mol. The molecule has 72 heavy (non-hydrogen) atoms. The Labute approximate surface area is 450 Å². The Hall–Kier alpha value is -1.85. The van der Waals surface area contributed by atoms with E-state index in [1.807, 2.05) is 0 Å². The molecule has 0 aromatic carbocycles. The molecule has 0 aliphatic rings. The molecule has 0 amide bonds. The minimum atomic E-state index is -0.766. The second-order valence-corrected chi connectivity index (χ2v) is 22.4. The molecule has 0 N–H and O–H groups in total. The summed E-state index contributed by atoms with van der Waals surface area (Å²) in [6.45, 7) is 6.71. The third kappa shape index (κ3) is 59.0. The van der Waals surface area contributed by atoms with Gasteiger partial charge in [-0.3, -0.25) is 14.4 Å². The van der Waals surface area contributed by atoms with Crippen molar-refractivity contribution in [3.63, 3.8) is 0 Å². The van der Waals surface area contributed by atoms with Crippen molar-refractivity contribution in [3.8, 4) is 0 Å². The maximum absolute atomic E-state index is 12.9. The van der Waals surface area contributed by atoms with Gasteiger partial charge in [-0.15, -0.1) is 0 Å². The summed E-state index contributed by atoms with van der Waals surface area (Å²) < 4.78 is 17.0. The van der Waals surface area contributed by atoms with Crippen molar-refractivity contribution in [2.24, 2.45) is 0 Å². The highest BCUT2D eigenvalue weighted by molar-refractivity contribution is 5.71. The molecule has 0 radical (unpaired) electrons. The Morgan fingerprint density at radius 1 is 0.264 bits per heavy atom. The highest BCUT2D eigenvalue weighted by Crippen LogP contribution is 2.18. The fourth-order valence-electron chi connectivity index (χ4n) is 10.1. The highest BCUT2D eigenvalue weighted by Gasteiger charge is 2.19. The minimum absolute atomic E-state index is 0.0641. The van der Waals surface area contributed by atoms with E-state index in [0.29, 0.717) is 19.3 Å². The van der Waals surface area contributed by atoms with Gasteiger partial charge in [0.15, 0.2) is 6.10 Å². The lowest BCUT2D eigenvalue weighted by Crippen LogP contribution is -2.30. The molecule has 0 aliphatic heterocycles. The summed E-state index contributed by atoms with van der Waals surface area (Å²) >= 11 is 0. The SMILES string of the molecule is CCCCCCCC/C=C\CCCCCCCCCCCC(=O)OC(COC(=O)CCCCCCCCCCCCCCC)COC(=O)CCCCCCCCCCCCCCCCCCCCCCCC. The van der Waals surface area contributed by atoms with Gasteiger partial charge in [-0.2, -0.15) is 0 Å². The summed E-state index contributed by atoms with van der Waals surface area (Å²) in [5, 5.41) is 0. The van der Waals surface area contributed by atoms with Gasteiger partial charge >= 0.3 is 17.9 Å². The molecule has 0 aromatic rings. The van der Waals surface area contributed by atoms with E-state index in [4.69, 9.17) is 14.2 Å². The maximum Gasteiger partial charge on any atom is 0.306 e. The first kappa shape index (κ1) is 70.1. The van der Waals surface area contributed by atoms with Crippen LogP contribution in [-0.4, -0.2) is 37.2 Å². The summed E-state index contributed by atoms with van der Waals surface area (Å²) in [6, 6.07) is 0. The Balaban J connectivity index is 4.25. The molecule has 1 atom stereocenters. The lowest BCUT2D eigenvalue weighted by atomic mass is 10.0. The first-order chi connectivity index (χ1) is 35.5. The zero-order valence-corrected chi connectivity index (χ0v) is 49.0. The second kappa shape index (κ2) is 61.7. The third-order valence-electron chi connectivity index (χ3n) is 15.0. The second-order valence-electron chi connectivity index (χ2n) is 22.4. The lowest BCUT2D eigenvalue weighted by molar-refractivity contribution is -0.167. The van der Waals surface area contributed by atoms with E-state index in [1.54, 1.807) is 0 Å². The number of ether oxygens (including phenoxy) is 3. The minimum Gasteiger partial charge on any atom is -0.462 e. The number of carbonyl (C=O) groups is 3. The summed E-state index contributed by atoms with van der Waals surface area (Å²) in [6.07, 6.45) is 72.2. The van der Waals surface area contributed by atoms with Gasteiger partial charge in [-0.1, -0.05) is 322 Å². The summed E-state index contributed by atoms with van der Waals surface area (Å²) in [4.78, 5) is 38.3. The van der Waals surface area contributed by atoms with Crippen molar-refractivity contribution in [1.29, 1.82) is 0 Å². The highest BCUT2D eigenvalue weighted by atomic mass is 16.6. The average molecular weight is 1020 g/mol. The third-order valence-corrected chi connectivity index (χ3v) is 15.0. The standard InChI is InChI=1S/C66H126O6/c1-4-7-10-13-16-19-22-25-27-29-31-32-33-35-36-38-41-44-47-50-53-56-59-65(68)71-62-63(61-70-64(67)58-55-52-49-46-43-40-24-21-18-15-12-9-6-3)72-66(69)60-57-54-51-48-45-42-39-37-34-30-28-26-23-20-17-14-11-8-5-2/h26,28,63H,4-25,27,29-62H2,1-3H3/b28-26-. The van der Waals surface area contributed by atoms with E-state index in [2.05, 4.69) is 32.9 Å². The number of allylic oxidation sites excluding steroid dienone is 2. The molecule has 1 unspecified atom stereocenters. The maximum atomic E-state index is 12.9. The van der Waals surface area contributed by atoms with Crippen molar-refractivity contribution < 1.29 is 28.6 Å². The van der Waals surface area contributed by atoms with Crippen molar-refractivity contribution >= 4 is 17.9 Å². The van der Waals surface area contributed by atoms with Crippen molar-refractivity contribution in [2.75, 3.05) is 13.2 Å². The van der Waals surface area contributed by atoms with Crippen LogP contribution in [0.2, 0.25) is 0 Å². The first-order valence-corrected chi connectivity index (χ1v) is 32.7. The van der Waals surface area contributed by atoms with Crippen LogP contribution < -0.4 is 0 Å². The van der Waals surface area contributed by atoms with Crippen LogP contribution in [0.25, 0.3) is 0 Å². The predicted molar refractivity (Wildman–Crippen MR) is 312 cm³/mol. The Kier molecular flexibility index (Phi) is 60.1. The van der Waals surface area contributed by atoms with Crippen LogP contribution >= 0.6 is 0 Å². The van der Waals surface area contributed by atoms with E-state index in [9.17, 15) is 14.4 Å². The quantitative estimate of drug-likeness (QED) is 0.0261. The summed E-state index contributed by atoms with van der Waals surface area (Å²) in [5.41, 5.74) is 0. The summed E-state index contributed by atoms with van der Waals surface area (Å²) in [7, 11) is 0. The molecule has 0 aromatic heterocycles. The van der Waals surface area contributed by atoms with E-state index in [1.165, 1.54) is 276 Å². The molecule has 6 nitrogen and oxygen atoms in total. The molecule has 0 bridgehead atoms. The molecule has 426 valence electrons. The van der Waals surface area contributed by atoms with Crippen LogP contribution in [0.4, 0.5) is 0 Å². The van der Waals surface area contributed by atoms with E-state index in [0.717, 1.165) is 57.8 Å². The van der Waals surface area contributed by atoms with Crippen LogP contribution in [0.3, 0.4) is 0 Å². The Bertz CT molecular complexity index is 1120. The van der Waals surface area contributed by atoms with Gasteiger partial charge in [0.2, 0.25) is 0 Å². The van der Waals surface area contributed by atoms with Gasteiger partial charge in [-0.05, 0) is 44.9 Å². The Morgan fingerprint density at radius 3 is 0.694 bits per heavy atom. The molecule has 0 saturated carbocycles. The lowest BCUT2D eigenvalue weighted by Gasteiger charge is -2.18. The molecule has 0 spiro atoms. The predicted octanol–water partition coefficient (Wildman–Crippen LogP) is 22.1. The first-order valence-electron chi connectivity index (χ1n) is 32.7. The normalized spacial score (nSPS) is 12.0. The average Bonchev–Trinajstić information content (AvgIpc) is 3.38. The number of hydrogen-bond donors (Lipinski definition) is 0. The number of hydrogen-bond acceptors (Lipinski definition) is 6. The monoisotopic (exact) mass is 1010 g/mol. The smallest absolute Gasteiger partial charge is 0.306 e. The van der Waals surface area contributed by atoms with Gasteiger partial charge in [0, 0.05) is 19.3 Å². The molecule has 0 aliphatic carbocycles. The van der Waals surface area contributed by atoms with Crippen molar-refractivity contribution in [3.05, 3.63) is 12.2 Å². The molecule has 0 heterocycles. The van der Waals surface area contributed by atoms with Crippen molar-refractivity contribution in [1.82, 2.24) is 0 Å². The van der Waals surface area contributed by atoms with E-state index >= 15 is 0 Å². The molecule has 0 fully saturated rings. The fourth-order valence-corrected chi connectivity index (χ4v) is 10.1. The number of carbonyl (C=O) groups excluding carboxylic acids is 3. The van der Waals surface area contributed by atoms with Crippen LogP contribution in [0.15, 0.2) is 12.2 Å². The van der Waals surface area contributed by atoms with E-state index in [-0.39, 0.29) is 31.1 Å². The van der Waals surface area contributed by atoms with Crippen LogP contribution in [0, 0.1) is 0 Å². The molecule has 0 rings (SSSR count). The molecule has 0 saturated heterocycles. The largest absolute Gasteiger partial charge is 0.462 e. The zero-order valence-electron chi connectivity index (χ0n) is 49.0. The summed E-state index contributed by atoms with van der Waals surface area (Å²) in [5.74, 6) is -0.835. The zero-order chi connectivity index (χ0) is 52.2. The van der Waals surface area contributed by atoms with Crippen LogP contribution in [-0.2, 0) is 28.6 Å². The molecule has 6 heteroatoms. The Morgan fingerprint density at radius 2 is 0.458 bits per heavy atom. The van der Waals surface area contributed by atoms with Gasteiger partial charge in [-0.25, -0.2) is 0 Å². The van der Waals surface area contributed by atoms with Crippen molar-refractivity contribution in [2.45, 2.75) is 380 Å². The number of unbranched alkanes of at least 4 members (excludes halogenated alkanes) is 48. The number of rotatable bonds is 61. The van der Waals surface area contributed by atoms with Crippen LogP contribution in [0.5, 0.6) is 0 Å². The van der Waals surface area contributed by atoms with E-state index < -0.39 is 6.10 Å². The fraction of sp³-hybridized carbons (Fsp3) is 0.924. The van der Waals surface area contributed by atoms with Gasteiger partial charge < -0.3 is 14.2 Å². The van der Waals surface area contributed by atoms with Crippen LogP contribution in [0.1, 0.15) is 374 Å². The van der Waals surface area contributed by atoms with Gasteiger partial charge in [0.1, 0.15) is 13.2 Å². The van der Waals surface area contributed by atoms with Gasteiger partial charge in [0.05, 0.1) is 0 Å². The number of esters is 3. The van der Waals surface area contributed by atoms with Gasteiger partial charge in [0.25, 0.3) is 0 Å². The topological polar surface area (TPSA) is 78.9 Å². The molecular formula is C66H126O6.